The SMILES string of the molecule is N#Cc1ccc2c(c1)nc(-c1cncs1)n2C1CC1. The number of thiazole rings is 1. The van der Waals surface area contributed by atoms with Crippen LogP contribution in [0.15, 0.2) is 29.9 Å². The van der Waals surface area contributed by atoms with Crippen LogP contribution < -0.4 is 0 Å². The van der Waals surface area contributed by atoms with Crippen LogP contribution in [0.2, 0.25) is 0 Å². The Morgan fingerprint density at radius 1 is 1.37 bits per heavy atom. The Bertz CT molecular complexity index is 791. The summed E-state index contributed by atoms with van der Waals surface area (Å²) < 4.78 is 2.30. The monoisotopic (exact) mass is 266 g/mol. The zero-order valence-corrected chi connectivity index (χ0v) is 10.9. The van der Waals surface area contributed by atoms with Crippen LogP contribution in [0.5, 0.6) is 0 Å². The average molecular weight is 266 g/mol. The quantitative estimate of drug-likeness (QED) is 0.714. The molecule has 3 aromatic rings. The zero-order chi connectivity index (χ0) is 12.8. The van der Waals surface area contributed by atoms with Crippen LogP contribution in [-0.4, -0.2) is 14.5 Å². The smallest absolute Gasteiger partial charge is 0.153 e. The number of nitriles is 1. The van der Waals surface area contributed by atoms with Crippen molar-refractivity contribution in [2.75, 3.05) is 0 Å². The van der Waals surface area contributed by atoms with Crippen LogP contribution in [0.3, 0.4) is 0 Å². The number of nitrogens with zero attached hydrogens (tertiary/aromatic N) is 4. The van der Waals surface area contributed by atoms with Gasteiger partial charge in [0.05, 0.1) is 33.1 Å². The van der Waals surface area contributed by atoms with E-state index in [9.17, 15) is 0 Å². The number of fused-ring (bicyclic) bond motifs is 1. The highest BCUT2D eigenvalue weighted by Gasteiger charge is 2.29. The number of imidazole rings is 1. The summed E-state index contributed by atoms with van der Waals surface area (Å²) >= 11 is 1.60. The number of benzene rings is 1. The summed E-state index contributed by atoms with van der Waals surface area (Å²) in [6.45, 7) is 0. The molecule has 0 N–H and O–H groups in total. The molecule has 0 spiro atoms. The van der Waals surface area contributed by atoms with Gasteiger partial charge in [-0.1, -0.05) is 0 Å². The fraction of sp³-hybridized carbons (Fsp3) is 0.214. The highest BCUT2D eigenvalue weighted by atomic mass is 32.1. The molecule has 0 amide bonds. The minimum Gasteiger partial charge on any atom is -0.320 e. The third-order valence-corrected chi connectivity index (χ3v) is 4.15. The first-order valence-electron chi connectivity index (χ1n) is 6.18. The van der Waals surface area contributed by atoms with Gasteiger partial charge in [-0.15, -0.1) is 11.3 Å². The van der Waals surface area contributed by atoms with Gasteiger partial charge in [-0.05, 0) is 31.0 Å². The lowest BCUT2D eigenvalue weighted by Crippen LogP contribution is -1.96. The van der Waals surface area contributed by atoms with Gasteiger partial charge in [0.2, 0.25) is 0 Å². The Morgan fingerprint density at radius 3 is 2.95 bits per heavy atom. The molecule has 0 bridgehead atoms. The van der Waals surface area contributed by atoms with Gasteiger partial charge in [-0.2, -0.15) is 5.26 Å². The topological polar surface area (TPSA) is 54.5 Å². The van der Waals surface area contributed by atoms with Gasteiger partial charge in [0, 0.05) is 12.2 Å². The van der Waals surface area contributed by atoms with Gasteiger partial charge >= 0.3 is 0 Å². The van der Waals surface area contributed by atoms with E-state index in [0.29, 0.717) is 11.6 Å². The molecule has 0 saturated heterocycles. The number of hydrogen-bond acceptors (Lipinski definition) is 4. The highest BCUT2D eigenvalue weighted by molar-refractivity contribution is 7.13. The molecule has 1 saturated carbocycles. The summed E-state index contributed by atoms with van der Waals surface area (Å²) in [5.74, 6) is 0.982. The molecule has 92 valence electrons. The summed E-state index contributed by atoms with van der Waals surface area (Å²) in [6.07, 6.45) is 4.27. The molecule has 4 rings (SSSR count). The van der Waals surface area contributed by atoms with Crippen LogP contribution in [0.1, 0.15) is 24.4 Å². The largest absolute Gasteiger partial charge is 0.320 e. The molecule has 1 fully saturated rings. The summed E-state index contributed by atoms with van der Waals surface area (Å²) in [5.41, 5.74) is 4.50. The van der Waals surface area contributed by atoms with Crippen LogP contribution in [0.4, 0.5) is 0 Å². The lowest BCUT2D eigenvalue weighted by Gasteiger charge is -2.05. The van der Waals surface area contributed by atoms with Crippen molar-refractivity contribution in [3.05, 3.63) is 35.5 Å². The maximum Gasteiger partial charge on any atom is 0.153 e. The van der Waals surface area contributed by atoms with Crippen molar-refractivity contribution in [3.63, 3.8) is 0 Å². The Morgan fingerprint density at radius 2 is 2.26 bits per heavy atom. The van der Waals surface area contributed by atoms with Crippen LogP contribution >= 0.6 is 11.3 Å². The van der Waals surface area contributed by atoms with Crippen molar-refractivity contribution in [1.29, 1.82) is 5.26 Å². The summed E-state index contributed by atoms with van der Waals surface area (Å²) in [7, 11) is 0. The molecular weight excluding hydrogens is 256 g/mol. The second-order valence-electron chi connectivity index (χ2n) is 4.72. The first kappa shape index (κ1) is 10.7. The van der Waals surface area contributed by atoms with E-state index in [4.69, 9.17) is 10.2 Å². The van der Waals surface area contributed by atoms with Crippen molar-refractivity contribution < 1.29 is 0 Å². The van der Waals surface area contributed by atoms with Gasteiger partial charge in [0.15, 0.2) is 5.82 Å². The molecule has 0 unspecified atom stereocenters. The van der Waals surface area contributed by atoms with E-state index < -0.39 is 0 Å². The first-order chi connectivity index (χ1) is 9.36. The lowest BCUT2D eigenvalue weighted by atomic mass is 10.2. The van der Waals surface area contributed by atoms with Crippen molar-refractivity contribution in [3.8, 4) is 16.8 Å². The Balaban J connectivity index is 2.02. The Kier molecular flexibility index (Phi) is 2.20. The predicted molar refractivity (Wildman–Crippen MR) is 73.8 cm³/mol. The molecule has 1 aromatic carbocycles. The van der Waals surface area contributed by atoms with Crippen molar-refractivity contribution in [1.82, 2.24) is 14.5 Å². The standard InChI is InChI=1S/C14H10N4S/c15-6-9-1-4-12-11(5-9)17-14(13-7-16-8-19-13)18(12)10-2-3-10/h1,4-5,7-8,10H,2-3H2. The summed E-state index contributed by atoms with van der Waals surface area (Å²) in [4.78, 5) is 9.93. The summed E-state index contributed by atoms with van der Waals surface area (Å²) in [5, 5.41) is 8.99. The van der Waals surface area contributed by atoms with Gasteiger partial charge in [0.25, 0.3) is 0 Å². The molecule has 1 aliphatic carbocycles. The zero-order valence-electron chi connectivity index (χ0n) is 10.1. The predicted octanol–water partition coefficient (Wildman–Crippen LogP) is 3.37. The van der Waals surface area contributed by atoms with E-state index in [1.165, 1.54) is 12.8 Å². The number of rotatable bonds is 2. The van der Waals surface area contributed by atoms with E-state index in [-0.39, 0.29) is 0 Å². The fourth-order valence-electron chi connectivity index (χ4n) is 2.37. The first-order valence-corrected chi connectivity index (χ1v) is 7.06. The van der Waals surface area contributed by atoms with E-state index in [0.717, 1.165) is 21.7 Å². The lowest BCUT2D eigenvalue weighted by molar-refractivity contribution is 0.776. The molecule has 0 radical (unpaired) electrons. The van der Waals surface area contributed by atoms with Crippen molar-refractivity contribution in [2.45, 2.75) is 18.9 Å². The van der Waals surface area contributed by atoms with E-state index in [2.05, 4.69) is 15.6 Å². The van der Waals surface area contributed by atoms with Crippen LogP contribution in [-0.2, 0) is 0 Å². The van der Waals surface area contributed by atoms with Crippen molar-refractivity contribution in [2.24, 2.45) is 0 Å². The molecule has 19 heavy (non-hydrogen) atoms. The molecule has 1 aliphatic rings. The number of hydrogen-bond donors (Lipinski definition) is 0. The molecular formula is C14H10N4S. The second kappa shape index (κ2) is 3.90. The van der Waals surface area contributed by atoms with Gasteiger partial charge in [-0.3, -0.25) is 4.98 Å². The second-order valence-corrected chi connectivity index (χ2v) is 5.60. The van der Waals surface area contributed by atoms with E-state index in [1.807, 2.05) is 29.9 Å². The van der Waals surface area contributed by atoms with E-state index >= 15 is 0 Å². The molecule has 0 aliphatic heterocycles. The Hall–Kier alpha value is -2.19. The molecule has 2 heterocycles. The van der Waals surface area contributed by atoms with Crippen LogP contribution in [0.25, 0.3) is 21.7 Å². The van der Waals surface area contributed by atoms with Gasteiger partial charge in [-0.25, -0.2) is 4.98 Å². The third kappa shape index (κ3) is 1.65. The minimum atomic E-state index is 0.551. The fourth-order valence-corrected chi connectivity index (χ4v) is 2.98. The highest BCUT2D eigenvalue weighted by Crippen LogP contribution is 2.41. The van der Waals surface area contributed by atoms with Crippen molar-refractivity contribution >= 4 is 22.4 Å². The maximum absolute atomic E-state index is 8.99. The molecule has 5 heteroatoms. The van der Waals surface area contributed by atoms with Crippen LogP contribution in [0, 0.1) is 11.3 Å². The average Bonchev–Trinajstić information content (AvgIpc) is 3.01. The normalized spacial score (nSPS) is 14.7. The molecule has 0 atom stereocenters. The van der Waals surface area contributed by atoms with Gasteiger partial charge < -0.3 is 4.57 Å². The number of aromatic nitrogens is 3. The third-order valence-electron chi connectivity index (χ3n) is 3.38. The Labute approximate surface area is 114 Å². The summed E-state index contributed by atoms with van der Waals surface area (Å²) in [6, 6.07) is 8.44. The molecule has 4 nitrogen and oxygen atoms in total. The van der Waals surface area contributed by atoms with E-state index in [1.54, 1.807) is 11.3 Å². The minimum absolute atomic E-state index is 0.551. The molecule has 2 aromatic heterocycles. The maximum atomic E-state index is 8.99. The van der Waals surface area contributed by atoms with Gasteiger partial charge in [0.1, 0.15) is 0 Å².